The predicted octanol–water partition coefficient (Wildman–Crippen LogP) is 2.83. The Balaban J connectivity index is 2.19. The predicted molar refractivity (Wildman–Crippen MR) is 74.7 cm³/mol. The number of amides is 1. The van der Waals surface area contributed by atoms with E-state index in [1.807, 2.05) is 19.9 Å². The van der Waals surface area contributed by atoms with E-state index in [0.717, 1.165) is 34.6 Å². The summed E-state index contributed by atoms with van der Waals surface area (Å²) in [4.78, 5) is 27.1. The lowest BCUT2D eigenvalue weighted by molar-refractivity contribution is -0.138. The maximum Gasteiger partial charge on any atom is 0.305 e. The maximum atomic E-state index is 12.6. The fraction of sp³-hybridized carbons (Fsp3) is 0.571. The summed E-state index contributed by atoms with van der Waals surface area (Å²) < 4.78 is 0. The number of likely N-dealkylation sites (tertiary alicyclic amines) is 1. The van der Waals surface area contributed by atoms with Crippen LogP contribution >= 0.6 is 11.3 Å². The molecule has 1 fully saturated rings. The van der Waals surface area contributed by atoms with Crippen molar-refractivity contribution in [1.82, 2.24) is 4.90 Å². The fourth-order valence-electron chi connectivity index (χ4n) is 2.67. The third-order valence-corrected chi connectivity index (χ3v) is 4.67. The van der Waals surface area contributed by atoms with Gasteiger partial charge in [-0.3, -0.25) is 9.59 Å². The Kier molecular flexibility index (Phi) is 4.24. The lowest BCUT2D eigenvalue weighted by Crippen LogP contribution is -2.44. The second-order valence-corrected chi connectivity index (χ2v) is 6.37. The molecule has 0 aromatic carbocycles. The summed E-state index contributed by atoms with van der Waals surface area (Å²) in [5.74, 6) is -0.828. The van der Waals surface area contributed by atoms with Crippen molar-refractivity contribution in [3.8, 4) is 0 Å². The molecule has 1 saturated heterocycles. The fourth-order valence-corrected chi connectivity index (χ4v) is 3.65. The van der Waals surface area contributed by atoms with Crippen molar-refractivity contribution in [2.45, 2.75) is 45.6 Å². The van der Waals surface area contributed by atoms with Gasteiger partial charge in [-0.25, -0.2) is 0 Å². The smallest absolute Gasteiger partial charge is 0.305 e. The normalized spacial score (nSPS) is 19.5. The lowest BCUT2D eigenvalue weighted by Gasteiger charge is -2.34. The number of aliphatic carboxylic acids is 1. The Hall–Kier alpha value is -1.36. The zero-order chi connectivity index (χ0) is 14.0. The van der Waals surface area contributed by atoms with Crippen LogP contribution in [0.1, 0.15) is 45.8 Å². The molecule has 1 aliphatic rings. The van der Waals surface area contributed by atoms with Crippen LogP contribution in [-0.2, 0) is 4.79 Å². The molecule has 0 saturated carbocycles. The standard InChI is InChI=1S/C14H19NO3S/c1-9-7-10(2)19-13(9)14(18)15-6-4-3-5-11(15)8-12(16)17/h7,11H,3-6,8H2,1-2H3,(H,16,17). The summed E-state index contributed by atoms with van der Waals surface area (Å²) in [5, 5.41) is 8.96. The van der Waals surface area contributed by atoms with Crippen molar-refractivity contribution in [2.24, 2.45) is 0 Å². The monoisotopic (exact) mass is 281 g/mol. The van der Waals surface area contributed by atoms with E-state index in [1.165, 1.54) is 11.3 Å². The highest BCUT2D eigenvalue weighted by atomic mass is 32.1. The molecule has 1 atom stereocenters. The largest absolute Gasteiger partial charge is 0.481 e. The molecule has 1 unspecified atom stereocenters. The second kappa shape index (κ2) is 5.74. The number of carboxylic acids is 1. The van der Waals surface area contributed by atoms with Gasteiger partial charge >= 0.3 is 5.97 Å². The van der Waals surface area contributed by atoms with Crippen molar-refractivity contribution in [3.63, 3.8) is 0 Å². The number of aryl methyl sites for hydroxylation is 2. The van der Waals surface area contributed by atoms with Gasteiger partial charge < -0.3 is 10.0 Å². The van der Waals surface area contributed by atoms with E-state index in [4.69, 9.17) is 5.11 Å². The van der Waals surface area contributed by atoms with Crippen LogP contribution in [0.25, 0.3) is 0 Å². The molecular formula is C14H19NO3S. The molecule has 1 aromatic rings. The maximum absolute atomic E-state index is 12.6. The first kappa shape index (κ1) is 14.1. The quantitative estimate of drug-likeness (QED) is 0.927. The van der Waals surface area contributed by atoms with Gasteiger partial charge in [-0.05, 0) is 44.7 Å². The molecule has 1 N–H and O–H groups in total. The average molecular weight is 281 g/mol. The van der Waals surface area contributed by atoms with E-state index in [2.05, 4.69) is 0 Å². The molecule has 104 valence electrons. The lowest BCUT2D eigenvalue weighted by atomic mass is 9.99. The second-order valence-electron chi connectivity index (χ2n) is 5.12. The van der Waals surface area contributed by atoms with Crippen LogP contribution in [-0.4, -0.2) is 34.5 Å². The van der Waals surface area contributed by atoms with Gasteiger partial charge in [0.05, 0.1) is 11.3 Å². The summed E-state index contributed by atoms with van der Waals surface area (Å²) in [5.41, 5.74) is 0.993. The van der Waals surface area contributed by atoms with Crippen LogP contribution in [0.2, 0.25) is 0 Å². The van der Waals surface area contributed by atoms with E-state index < -0.39 is 5.97 Å². The molecule has 1 aromatic heterocycles. The topological polar surface area (TPSA) is 57.6 Å². The third-order valence-electron chi connectivity index (χ3n) is 3.53. The number of carbonyl (C=O) groups excluding carboxylic acids is 1. The summed E-state index contributed by atoms with van der Waals surface area (Å²) in [6.45, 7) is 4.60. The molecule has 0 aliphatic carbocycles. The zero-order valence-corrected chi connectivity index (χ0v) is 12.1. The van der Waals surface area contributed by atoms with Crippen molar-refractivity contribution in [3.05, 3.63) is 21.4 Å². The van der Waals surface area contributed by atoms with Crippen LogP contribution in [0.15, 0.2) is 6.07 Å². The number of hydrogen-bond donors (Lipinski definition) is 1. The van der Waals surface area contributed by atoms with Crippen molar-refractivity contribution < 1.29 is 14.7 Å². The number of piperidine rings is 1. The minimum absolute atomic E-state index is 0.00144. The van der Waals surface area contributed by atoms with Crippen LogP contribution in [0.3, 0.4) is 0 Å². The number of nitrogens with zero attached hydrogens (tertiary/aromatic N) is 1. The van der Waals surface area contributed by atoms with Crippen LogP contribution in [0.4, 0.5) is 0 Å². The summed E-state index contributed by atoms with van der Waals surface area (Å²) in [6, 6.07) is 1.86. The highest BCUT2D eigenvalue weighted by Gasteiger charge is 2.30. The first-order valence-corrected chi connectivity index (χ1v) is 7.40. The number of carbonyl (C=O) groups is 2. The summed E-state index contributed by atoms with van der Waals surface area (Å²) in [6.07, 6.45) is 2.81. The summed E-state index contributed by atoms with van der Waals surface area (Å²) in [7, 11) is 0. The Morgan fingerprint density at radius 3 is 2.74 bits per heavy atom. The minimum atomic E-state index is -0.830. The van der Waals surface area contributed by atoms with Gasteiger partial charge in [-0.1, -0.05) is 0 Å². The molecule has 19 heavy (non-hydrogen) atoms. The first-order valence-electron chi connectivity index (χ1n) is 6.59. The number of thiophene rings is 1. The van der Waals surface area contributed by atoms with Gasteiger partial charge in [-0.2, -0.15) is 0 Å². The highest BCUT2D eigenvalue weighted by molar-refractivity contribution is 7.14. The number of rotatable bonds is 3. The van der Waals surface area contributed by atoms with Gasteiger partial charge in [0.1, 0.15) is 0 Å². The first-order chi connectivity index (χ1) is 8.99. The van der Waals surface area contributed by atoms with Gasteiger partial charge in [0.25, 0.3) is 5.91 Å². The molecule has 2 heterocycles. The molecule has 0 spiro atoms. The molecule has 0 bridgehead atoms. The van der Waals surface area contributed by atoms with Crippen molar-refractivity contribution in [2.75, 3.05) is 6.54 Å². The number of carboxylic acid groups (broad SMARTS) is 1. The van der Waals surface area contributed by atoms with Gasteiger partial charge in [0, 0.05) is 17.5 Å². The van der Waals surface area contributed by atoms with Crippen LogP contribution in [0.5, 0.6) is 0 Å². The van der Waals surface area contributed by atoms with E-state index in [0.29, 0.717) is 6.54 Å². The van der Waals surface area contributed by atoms with Crippen molar-refractivity contribution >= 4 is 23.2 Å². The van der Waals surface area contributed by atoms with E-state index in [1.54, 1.807) is 4.90 Å². The molecule has 1 amide bonds. The highest BCUT2D eigenvalue weighted by Crippen LogP contribution is 2.27. The van der Waals surface area contributed by atoms with Crippen LogP contribution in [0, 0.1) is 13.8 Å². The molecule has 2 rings (SSSR count). The minimum Gasteiger partial charge on any atom is -0.481 e. The third kappa shape index (κ3) is 3.15. The van der Waals surface area contributed by atoms with E-state index in [9.17, 15) is 9.59 Å². The van der Waals surface area contributed by atoms with Crippen molar-refractivity contribution in [1.29, 1.82) is 0 Å². The Bertz CT molecular complexity index is 495. The molecule has 1 aliphatic heterocycles. The molecular weight excluding hydrogens is 262 g/mol. The SMILES string of the molecule is Cc1cc(C)c(C(=O)N2CCCCC2CC(=O)O)s1. The van der Waals surface area contributed by atoms with Gasteiger partial charge in [-0.15, -0.1) is 11.3 Å². The Morgan fingerprint density at radius 2 is 2.16 bits per heavy atom. The van der Waals surface area contributed by atoms with E-state index >= 15 is 0 Å². The molecule has 5 heteroatoms. The van der Waals surface area contributed by atoms with E-state index in [-0.39, 0.29) is 18.4 Å². The Labute approximate surface area is 117 Å². The van der Waals surface area contributed by atoms with Crippen LogP contribution < -0.4 is 0 Å². The van der Waals surface area contributed by atoms with Gasteiger partial charge in [0.15, 0.2) is 0 Å². The summed E-state index contributed by atoms with van der Waals surface area (Å²) >= 11 is 1.50. The number of hydrogen-bond acceptors (Lipinski definition) is 3. The van der Waals surface area contributed by atoms with Gasteiger partial charge in [0.2, 0.25) is 0 Å². The molecule has 4 nitrogen and oxygen atoms in total. The Morgan fingerprint density at radius 1 is 1.42 bits per heavy atom. The molecule has 0 radical (unpaired) electrons. The average Bonchev–Trinajstić information content (AvgIpc) is 2.67. The zero-order valence-electron chi connectivity index (χ0n) is 11.3.